The van der Waals surface area contributed by atoms with E-state index in [9.17, 15) is 8.42 Å². The molecule has 8 nitrogen and oxygen atoms in total. The molecule has 4 heterocycles. The lowest BCUT2D eigenvalue weighted by Crippen LogP contribution is -2.39. The molecule has 4 aromatic rings. The van der Waals surface area contributed by atoms with E-state index in [1.165, 1.54) is 19.3 Å². The Morgan fingerprint density at radius 2 is 1.77 bits per heavy atom. The van der Waals surface area contributed by atoms with E-state index in [2.05, 4.69) is 18.3 Å². The molecule has 0 atom stereocenters. The van der Waals surface area contributed by atoms with Crippen LogP contribution in [0.5, 0.6) is 0 Å². The number of benzene rings is 1. The second-order valence-corrected chi connectivity index (χ2v) is 10.8. The Morgan fingerprint density at radius 3 is 2.55 bits per heavy atom. The van der Waals surface area contributed by atoms with E-state index in [4.69, 9.17) is 4.98 Å². The summed E-state index contributed by atoms with van der Waals surface area (Å²) in [5.41, 5.74) is 2.94. The van der Waals surface area contributed by atoms with Crippen molar-refractivity contribution in [1.29, 1.82) is 0 Å². The number of sulfonamides is 1. The van der Waals surface area contributed by atoms with Gasteiger partial charge in [-0.3, -0.25) is 0 Å². The van der Waals surface area contributed by atoms with Crippen LogP contribution in [0.15, 0.2) is 41.4 Å². The van der Waals surface area contributed by atoms with Crippen molar-refractivity contribution >= 4 is 43.9 Å². The molecule has 160 valence electrons. The average molecular weight is 455 g/mol. The number of aromatic nitrogens is 5. The van der Waals surface area contributed by atoms with Crippen LogP contribution in [0.4, 0.5) is 0 Å². The molecule has 0 N–H and O–H groups in total. The largest absolute Gasteiger partial charge is 0.309 e. The molecular formula is C21H22N6O2S2. The molecular weight excluding hydrogens is 432 g/mol. The maximum Gasteiger partial charge on any atom is 0.245 e. The van der Waals surface area contributed by atoms with Crippen molar-refractivity contribution in [2.45, 2.75) is 49.0 Å². The first kappa shape index (κ1) is 19.3. The van der Waals surface area contributed by atoms with Gasteiger partial charge in [-0.25, -0.2) is 18.4 Å². The minimum atomic E-state index is -3.62. The minimum absolute atomic E-state index is 0.207. The molecule has 1 saturated heterocycles. The van der Waals surface area contributed by atoms with Crippen molar-refractivity contribution in [3.63, 3.8) is 0 Å². The maximum absolute atomic E-state index is 13.4. The predicted molar refractivity (Wildman–Crippen MR) is 119 cm³/mol. The molecule has 0 spiro atoms. The highest BCUT2D eigenvalue weighted by atomic mass is 32.2. The Labute approximate surface area is 184 Å². The van der Waals surface area contributed by atoms with E-state index in [0.29, 0.717) is 30.0 Å². The summed E-state index contributed by atoms with van der Waals surface area (Å²) >= 11 is 1.04. The zero-order valence-corrected chi connectivity index (χ0v) is 18.5. The molecule has 2 aliphatic rings. The zero-order chi connectivity index (χ0) is 21.0. The second-order valence-electron chi connectivity index (χ2n) is 8.34. The number of rotatable bonds is 4. The number of pyridine rings is 1. The van der Waals surface area contributed by atoms with Gasteiger partial charge in [0.25, 0.3) is 0 Å². The van der Waals surface area contributed by atoms with Crippen LogP contribution in [0.1, 0.15) is 49.9 Å². The van der Waals surface area contributed by atoms with Crippen molar-refractivity contribution in [2.75, 3.05) is 13.1 Å². The first-order valence-corrected chi connectivity index (χ1v) is 12.8. The highest BCUT2D eigenvalue weighted by Crippen LogP contribution is 2.40. The van der Waals surface area contributed by atoms with E-state index in [0.717, 1.165) is 41.6 Å². The summed E-state index contributed by atoms with van der Waals surface area (Å²) < 4.78 is 39.0. The monoisotopic (exact) mass is 454 g/mol. The molecule has 0 amide bonds. The van der Waals surface area contributed by atoms with Crippen LogP contribution in [0.25, 0.3) is 22.2 Å². The van der Waals surface area contributed by atoms with Gasteiger partial charge in [0.15, 0.2) is 5.65 Å². The lowest BCUT2D eigenvalue weighted by atomic mass is 9.84. The molecule has 0 unspecified atom stereocenters. The number of hydrogen-bond donors (Lipinski definition) is 0. The van der Waals surface area contributed by atoms with Gasteiger partial charge >= 0.3 is 0 Å². The second kappa shape index (κ2) is 7.32. The molecule has 6 rings (SSSR count). The standard InChI is InChI=1S/C21H22N6O2S2/c28-31(29,18-8-2-6-16-19(18)25-30-24-16)26-12-9-15(10-13-26)27-20(14-4-1-5-14)23-17-7-3-11-22-21(17)27/h2-3,6-8,11,14-15H,1,4-5,9-10,12-13H2. The lowest BCUT2D eigenvalue weighted by molar-refractivity contribution is 0.264. The van der Waals surface area contributed by atoms with Crippen LogP contribution >= 0.6 is 11.7 Å². The molecule has 2 fully saturated rings. The van der Waals surface area contributed by atoms with Gasteiger partial charge in [-0.15, -0.1) is 0 Å². The highest BCUT2D eigenvalue weighted by Gasteiger charge is 2.35. The van der Waals surface area contributed by atoms with Gasteiger partial charge < -0.3 is 4.57 Å². The number of hydrogen-bond acceptors (Lipinski definition) is 7. The molecule has 3 aromatic heterocycles. The third kappa shape index (κ3) is 3.07. The summed E-state index contributed by atoms with van der Waals surface area (Å²) in [4.78, 5) is 9.78. The molecule has 10 heteroatoms. The Bertz CT molecular complexity index is 1370. The number of fused-ring (bicyclic) bond motifs is 2. The summed E-state index contributed by atoms with van der Waals surface area (Å²) in [6.45, 7) is 0.940. The van der Waals surface area contributed by atoms with Gasteiger partial charge in [-0.1, -0.05) is 12.5 Å². The lowest BCUT2D eigenvalue weighted by Gasteiger charge is -2.34. The van der Waals surface area contributed by atoms with E-state index in [1.54, 1.807) is 22.5 Å². The van der Waals surface area contributed by atoms with Crippen LogP contribution < -0.4 is 0 Å². The fraction of sp³-hybridized carbons (Fsp3) is 0.429. The summed E-state index contributed by atoms with van der Waals surface area (Å²) in [7, 11) is -3.62. The zero-order valence-electron chi connectivity index (χ0n) is 16.9. The van der Waals surface area contributed by atoms with Crippen LogP contribution in [0, 0.1) is 0 Å². The number of imidazole rings is 1. The molecule has 1 saturated carbocycles. The van der Waals surface area contributed by atoms with Crippen molar-refractivity contribution in [3.8, 4) is 0 Å². The summed E-state index contributed by atoms with van der Waals surface area (Å²) in [6.07, 6.45) is 6.88. The maximum atomic E-state index is 13.4. The number of piperidine rings is 1. The van der Waals surface area contributed by atoms with Crippen LogP contribution in [-0.4, -0.2) is 49.1 Å². The molecule has 0 bridgehead atoms. The Hall–Kier alpha value is -2.43. The number of nitrogens with zero attached hydrogens (tertiary/aromatic N) is 6. The minimum Gasteiger partial charge on any atom is -0.309 e. The fourth-order valence-electron chi connectivity index (χ4n) is 4.73. The van der Waals surface area contributed by atoms with Crippen molar-refractivity contribution < 1.29 is 8.42 Å². The highest BCUT2D eigenvalue weighted by molar-refractivity contribution is 7.89. The predicted octanol–water partition coefficient (Wildman–Crippen LogP) is 3.73. The average Bonchev–Trinajstić information content (AvgIpc) is 3.37. The molecule has 0 radical (unpaired) electrons. The van der Waals surface area contributed by atoms with Crippen molar-refractivity contribution in [1.82, 2.24) is 27.6 Å². The Morgan fingerprint density at radius 1 is 0.968 bits per heavy atom. The Kier molecular flexibility index (Phi) is 4.55. The van der Waals surface area contributed by atoms with Crippen molar-refractivity contribution in [3.05, 3.63) is 42.4 Å². The molecule has 31 heavy (non-hydrogen) atoms. The molecule has 1 aliphatic heterocycles. The third-order valence-electron chi connectivity index (χ3n) is 6.60. The van der Waals surface area contributed by atoms with E-state index in [-0.39, 0.29) is 10.9 Å². The van der Waals surface area contributed by atoms with Crippen LogP contribution in [0.3, 0.4) is 0 Å². The quantitative estimate of drug-likeness (QED) is 0.466. The summed E-state index contributed by atoms with van der Waals surface area (Å²) in [5, 5.41) is 0. The van der Waals surface area contributed by atoms with E-state index in [1.807, 2.05) is 18.3 Å². The first-order valence-electron chi connectivity index (χ1n) is 10.7. The van der Waals surface area contributed by atoms with Gasteiger partial charge in [0.2, 0.25) is 10.0 Å². The molecule has 1 aromatic carbocycles. The van der Waals surface area contributed by atoms with Gasteiger partial charge in [-0.2, -0.15) is 13.1 Å². The van der Waals surface area contributed by atoms with E-state index >= 15 is 0 Å². The fourth-order valence-corrected chi connectivity index (χ4v) is 6.95. The van der Waals surface area contributed by atoms with Crippen LogP contribution in [0.2, 0.25) is 0 Å². The van der Waals surface area contributed by atoms with Gasteiger partial charge in [0.1, 0.15) is 27.3 Å². The topological polar surface area (TPSA) is 93.9 Å². The SMILES string of the molecule is O=S(=O)(c1cccc2nsnc12)N1CCC(n2c(C3CCC3)nc3cccnc32)CC1. The summed E-state index contributed by atoms with van der Waals surface area (Å²) in [6, 6.07) is 9.31. The Balaban J connectivity index is 1.30. The van der Waals surface area contributed by atoms with Gasteiger partial charge in [-0.05, 0) is 49.9 Å². The third-order valence-corrected chi connectivity index (χ3v) is 9.07. The normalized spacial score (nSPS) is 19.2. The van der Waals surface area contributed by atoms with Gasteiger partial charge in [0.05, 0.1) is 11.7 Å². The van der Waals surface area contributed by atoms with Gasteiger partial charge in [0, 0.05) is 31.2 Å². The van der Waals surface area contributed by atoms with E-state index < -0.39 is 10.0 Å². The first-order chi connectivity index (χ1) is 15.1. The smallest absolute Gasteiger partial charge is 0.245 e. The van der Waals surface area contributed by atoms with Crippen LogP contribution in [-0.2, 0) is 10.0 Å². The summed E-state index contributed by atoms with van der Waals surface area (Å²) in [5.74, 6) is 1.62. The molecule has 1 aliphatic carbocycles. The van der Waals surface area contributed by atoms with Crippen molar-refractivity contribution in [2.24, 2.45) is 0 Å².